The van der Waals surface area contributed by atoms with E-state index < -0.39 is 0 Å². The van der Waals surface area contributed by atoms with Gasteiger partial charge in [-0.25, -0.2) is 0 Å². The third-order valence-electron chi connectivity index (χ3n) is 1.59. The largest absolute Gasteiger partial charge is 0.255 e. The maximum atomic E-state index is 4.19. The van der Waals surface area contributed by atoms with Crippen molar-refractivity contribution in [2.24, 2.45) is 0 Å². The molecular formula is C10H8IN2Ni. The Morgan fingerprint density at radius 1 is 0.786 bits per heavy atom. The van der Waals surface area contributed by atoms with Gasteiger partial charge in [-0.05, 0) is 24.3 Å². The van der Waals surface area contributed by atoms with Gasteiger partial charge in [0.2, 0.25) is 0 Å². The van der Waals surface area contributed by atoms with Crippen molar-refractivity contribution in [2.75, 3.05) is 0 Å². The predicted molar refractivity (Wildman–Crippen MR) is 61.5 cm³/mol. The van der Waals surface area contributed by atoms with Crippen LogP contribution in [0.1, 0.15) is 0 Å². The second-order valence-electron chi connectivity index (χ2n) is 2.43. The molecule has 0 spiro atoms. The quantitative estimate of drug-likeness (QED) is 0.588. The zero-order valence-corrected chi connectivity index (χ0v) is 10.4. The predicted octanol–water partition coefficient (Wildman–Crippen LogP) is 3.03. The Kier molecular flexibility index (Phi) is 5.72. The van der Waals surface area contributed by atoms with Crippen LogP contribution in [-0.2, 0) is 12.3 Å². The molecule has 0 aliphatic heterocycles. The van der Waals surface area contributed by atoms with Gasteiger partial charge in [0.1, 0.15) is 0 Å². The molecule has 0 N–H and O–H groups in total. The van der Waals surface area contributed by atoms with Crippen LogP contribution in [0.5, 0.6) is 0 Å². The van der Waals surface area contributed by atoms with Crippen LogP contribution in [0.4, 0.5) is 0 Å². The SMILES string of the molecule is [Ni][I].c1ccc(-c2ccccn2)nc1. The van der Waals surface area contributed by atoms with Gasteiger partial charge in [-0.3, -0.25) is 9.97 Å². The molecule has 0 amide bonds. The Morgan fingerprint density at radius 3 is 1.50 bits per heavy atom. The van der Waals surface area contributed by atoms with Gasteiger partial charge < -0.3 is 0 Å². The first-order valence-corrected chi connectivity index (χ1v) is 7.10. The van der Waals surface area contributed by atoms with E-state index in [-0.39, 0.29) is 0 Å². The van der Waals surface area contributed by atoms with Crippen LogP contribution in [0, 0.1) is 0 Å². The number of halogens is 1. The van der Waals surface area contributed by atoms with Gasteiger partial charge in [-0.1, -0.05) is 12.1 Å². The normalized spacial score (nSPS) is 8.79. The molecule has 4 heteroatoms. The van der Waals surface area contributed by atoms with Crippen molar-refractivity contribution >= 4 is 20.5 Å². The molecule has 0 saturated heterocycles. The van der Waals surface area contributed by atoms with E-state index in [0.717, 1.165) is 11.4 Å². The Morgan fingerprint density at radius 2 is 1.21 bits per heavy atom. The summed E-state index contributed by atoms with van der Waals surface area (Å²) in [6.07, 6.45) is 3.54. The average molecular weight is 342 g/mol. The molecular weight excluding hydrogens is 334 g/mol. The molecule has 2 aromatic rings. The van der Waals surface area contributed by atoms with Crippen molar-refractivity contribution in [2.45, 2.75) is 0 Å². The summed E-state index contributed by atoms with van der Waals surface area (Å²) in [4.78, 5) is 8.37. The molecule has 2 heterocycles. The third kappa shape index (κ3) is 3.35. The fraction of sp³-hybridized carbons (Fsp3) is 0. The minimum absolute atomic E-state index is 0.915. The molecule has 0 atom stereocenters. The minimum Gasteiger partial charge on any atom is -0.255 e. The Bertz CT molecular complexity index is 316. The molecule has 2 rings (SSSR count). The van der Waals surface area contributed by atoms with E-state index in [1.807, 2.05) is 36.4 Å². The summed E-state index contributed by atoms with van der Waals surface area (Å²) >= 11 is 5.62. The summed E-state index contributed by atoms with van der Waals surface area (Å²) in [6.45, 7) is 0. The Hall–Kier alpha value is -0.476. The van der Waals surface area contributed by atoms with Crippen LogP contribution in [0.15, 0.2) is 48.8 Å². The Balaban J connectivity index is 0.000000461. The molecule has 0 aromatic carbocycles. The fourth-order valence-corrected chi connectivity index (χ4v) is 1.03. The van der Waals surface area contributed by atoms with E-state index in [9.17, 15) is 0 Å². The molecule has 75 valence electrons. The maximum Gasteiger partial charge on any atom is 0.0886 e. The molecule has 2 nitrogen and oxygen atoms in total. The number of pyridine rings is 2. The monoisotopic (exact) mass is 341 g/mol. The topological polar surface area (TPSA) is 25.8 Å². The van der Waals surface area contributed by atoms with Gasteiger partial charge in [0, 0.05) is 12.4 Å². The van der Waals surface area contributed by atoms with Crippen LogP contribution < -0.4 is 0 Å². The standard InChI is InChI=1S/C10H8N2.HI.Ni/c1-3-7-11-9(5-1)10-6-2-4-8-12-10;;/h1-8H;1H;/q;;+1/p-1. The summed E-state index contributed by atoms with van der Waals surface area (Å²) in [7, 11) is 0. The van der Waals surface area contributed by atoms with Crippen LogP contribution in [0.3, 0.4) is 0 Å². The van der Waals surface area contributed by atoms with Crippen molar-refractivity contribution in [3.05, 3.63) is 48.8 Å². The van der Waals surface area contributed by atoms with E-state index in [4.69, 9.17) is 0 Å². The maximum absolute atomic E-state index is 4.19. The van der Waals surface area contributed by atoms with Crippen molar-refractivity contribution in [1.82, 2.24) is 9.97 Å². The average Bonchev–Trinajstić information content (AvgIpc) is 2.34. The fourth-order valence-electron chi connectivity index (χ4n) is 1.03. The van der Waals surface area contributed by atoms with Crippen LogP contribution in [0.2, 0.25) is 0 Å². The van der Waals surface area contributed by atoms with Crippen molar-refractivity contribution in [1.29, 1.82) is 0 Å². The second-order valence-corrected chi connectivity index (χ2v) is 2.43. The summed E-state index contributed by atoms with van der Waals surface area (Å²) in [5.74, 6) is 0. The number of rotatable bonds is 1. The zero-order valence-electron chi connectivity index (χ0n) is 7.21. The molecule has 0 radical (unpaired) electrons. The first-order valence-electron chi connectivity index (χ1n) is 3.91. The van der Waals surface area contributed by atoms with Gasteiger partial charge in [0.25, 0.3) is 0 Å². The number of aromatic nitrogens is 2. The van der Waals surface area contributed by atoms with E-state index in [2.05, 4.69) is 22.2 Å². The first kappa shape index (κ1) is 11.6. The van der Waals surface area contributed by atoms with Gasteiger partial charge >= 0.3 is 32.8 Å². The molecule has 0 bridgehead atoms. The smallest absolute Gasteiger partial charge is 0.0886 e. The van der Waals surface area contributed by atoms with Gasteiger partial charge in [0.05, 0.1) is 11.4 Å². The second kappa shape index (κ2) is 6.90. The first-order chi connectivity index (χ1) is 6.97. The van der Waals surface area contributed by atoms with Crippen molar-refractivity contribution in [3.8, 4) is 11.4 Å². The molecule has 0 aliphatic carbocycles. The summed E-state index contributed by atoms with van der Waals surface area (Å²) in [5.41, 5.74) is 1.83. The Labute approximate surface area is 102 Å². The summed E-state index contributed by atoms with van der Waals surface area (Å²) in [5, 5.41) is 0. The van der Waals surface area contributed by atoms with Crippen LogP contribution in [0.25, 0.3) is 11.4 Å². The number of hydrogen-bond acceptors (Lipinski definition) is 2. The molecule has 0 fully saturated rings. The summed E-state index contributed by atoms with van der Waals surface area (Å²) < 4.78 is 0. The van der Waals surface area contributed by atoms with E-state index in [0.29, 0.717) is 0 Å². The zero-order chi connectivity index (χ0) is 10.2. The van der Waals surface area contributed by atoms with Gasteiger partial charge in [-0.15, -0.1) is 0 Å². The van der Waals surface area contributed by atoms with Crippen molar-refractivity contribution < 1.29 is 12.3 Å². The van der Waals surface area contributed by atoms with Gasteiger partial charge in [-0.2, -0.15) is 0 Å². The molecule has 2 aromatic heterocycles. The van der Waals surface area contributed by atoms with Crippen LogP contribution in [-0.4, -0.2) is 9.97 Å². The van der Waals surface area contributed by atoms with E-state index in [1.165, 1.54) is 0 Å². The van der Waals surface area contributed by atoms with Crippen LogP contribution >= 0.6 is 20.5 Å². The van der Waals surface area contributed by atoms with Crippen molar-refractivity contribution in [3.63, 3.8) is 0 Å². The molecule has 0 unspecified atom stereocenters. The number of hydrogen-bond donors (Lipinski definition) is 0. The molecule has 0 aliphatic rings. The number of nitrogens with zero attached hydrogens (tertiary/aromatic N) is 2. The van der Waals surface area contributed by atoms with E-state index in [1.54, 1.807) is 32.9 Å². The van der Waals surface area contributed by atoms with E-state index >= 15 is 0 Å². The third-order valence-corrected chi connectivity index (χ3v) is 1.59. The molecule has 14 heavy (non-hydrogen) atoms. The summed E-state index contributed by atoms with van der Waals surface area (Å²) in [6, 6.07) is 11.6. The van der Waals surface area contributed by atoms with Gasteiger partial charge in [0.15, 0.2) is 0 Å². The molecule has 0 saturated carbocycles. The minimum atomic E-state index is 0.915.